The smallest absolute Gasteiger partial charge is 0.478 e. The summed E-state index contributed by atoms with van der Waals surface area (Å²) in [5.41, 5.74) is 0. The zero-order valence-corrected chi connectivity index (χ0v) is 8.06. The van der Waals surface area contributed by atoms with Gasteiger partial charge in [-0.1, -0.05) is 19.8 Å². The van der Waals surface area contributed by atoms with E-state index in [0.717, 1.165) is 25.5 Å². The van der Waals surface area contributed by atoms with Crippen molar-refractivity contribution >= 4 is 12.1 Å². The molecule has 0 aromatic rings. The van der Waals surface area contributed by atoms with Crippen LogP contribution in [0.3, 0.4) is 0 Å². The number of carbonyl (C=O) groups excluding carboxylic acids is 1. The van der Waals surface area contributed by atoms with Crippen molar-refractivity contribution in [2.45, 2.75) is 26.2 Å². The van der Waals surface area contributed by atoms with Crippen molar-refractivity contribution in [3.8, 4) is 0 Å². The Morgan fingerprint density at radius 3 is 2.64 bits per heavy atom. The zero-order valence-electron chi connectivity index (χ0n) is 8.06. The van der Waals surface area contributed by atoms with E-state index in [1.165, 1.54) is 0 Å². The highest BCUT2D eigenvalue weighted by Crippen LogP contribution is 1.95. The molecule has 0 aliphatic rings. The van der Waals surface area contributed by atoms with Crippen LogP contribution in [0.5, 0.6) is 0 Å². The minimum Gasteiger partial charge on any atom is -0.478 e. The third kappa shape index (κ3) is 8.58. The van der Waals surface area contributed by atoms with Gasteiger partial charge in [0.05, 0.1) is 12.7 Å². The second-order valence-corrected chi connectivity index (χ2v) is 2.56. The first kappa shape index (κ1) is 12.5. The van der Waals surface area contributed by atoms with Crippen LogP contribution in [0, 0.1) is 0 Å². The highest BCUT2D eigenvalue weighted by Gasteiger charge is 2.00. The first-order valence-electron chi connectivity index (χ1n) is 4.39. The Morgan fingerprint density at radius 1 is 1.36 bits per heavy atom. The van der Waals surface area contributed by atoms with Crippen molar-refractivity contribution in [2.24, 2.45) is 0 Å². The van der Waals surface area contributed by atoms with E-state index in [1.54, 1.807) is 0 Å². The third-order valence-corrected chi connectivity index (χ3v) is 1.34. The molecule has 0 aliphatic carbocycles. The van der Waals surface area contributed by atoms with Gasteiger partial charge >= 0.3 is 12.1 Å². The van der Waals surface area contributed by atoms with Crippen LogP contribution in [0.15, 0.2) is 12.3 Å². The lowest BCUT2D eigenvalue weighted by Gasteiger charge is -2.01. The number of unbranched alkanes of at least 4 members (excludes halogenated alkanes) is 2. The van der Waals surface area contributed by atoms with Crippen LogP contribution >= 0.6 is 0 Å². The van der Waals surface area contributed by atoms with E-state index >= 15 is 0 Å². The topological polar surface area (TPSA) is 72.8 Å². The van der Waals surface area contributed by atoms with Crippen LogP contribution in [0.2, 0.25) is 0 Å². The molecular formula is C9H14O5. The maximum Gasteiger partial charge on any atom is 0.513 e. The lowest BCUT2D eigenvalue weighted by atomic mass is 10.3. The normalized spacial score (nSPS) is 10.1. The summed E-state index contributed by atoms with van der Waals surface area (Å²) in [7, 11) is 0. The maximum absolute atomic E-state index is 10.7. The molecule has 0 amide bonds. The fourth-order valence-electron chi connectivity index (χ4n) is 0.689. The Kier molecular flexibility index (Phi) is 7.22. The summed E-state index contributed by atoms with van der Waals surface area (Å²) in [4.78, 5) is 20.7. The van der Waals surface area contributed by atoms with Crippen molar-refractivity contribution in [3.63, 3.8) is 0 Å². The molecule has 5 heteroatoms. The van der Waals surface area contributed by atoms with Gasteiger partial charge in [-0.3, -0.25) is 0 Å². The van der Waals surface area contributed by atoms with Crippen molar-refractivity contribution in [1.82, 2.24) is 0 Å². The predicted octanol–water partition coefficient (Wildman–Crippen LogP) is 1.93. The average Bonchev–Trinajstić information content (AvgIpc) is 2.12. The molecule has 5 nitrogen and oxygen atoms in total. The summed E-state index contributed by atoms with van der Waals surface area (Å²) in [5, 5.41) is 8.15. The minimum absolute atomic E-state index is 0.299. The van der Waals surface area contributed by atoms with Crippen molar-refractivity contribution in [1.29, 1.82) is 0 Å². The molecule has 0 radical (unpaired) electrons. The Bertz CT molecular complexity index is 209. The van der Waals surface area contributed by atoms with Gasteiger partial charge in [-0.2, -0.15) is 0 Å². The van der Waals surface area contributed by atoms with Crippen molar-refractivity contribution < 1.29 is 24.2 Å². The first-order valence-corrected chi connectivity index (χ1v) is 4.39. The fourth-order valence-corrected chi connectivity index (χ4v) is 0.689. The van der Waals surface area contributed by atoms with Gasteiger partial charge in [-0.25, -0.2) is 9.59 Å². The van der Waals surface area contributed by atoms with Crippen LogP contribution in [0.4, 0.5) is 4.79 Å². The summed E-state index contributed by atoms with van der Waals surface area (Å²) in [6, 6.07) is 0. The maximum atomic E-state index is 10.7. The van der Waals surface area contributed by atoms with Crippen LogP contribution in [0.25, 0.3) is 0 Å². The van der Waals surface area contributed by atoms with Gasteiger partial charge in [0, 0.05) is 0 Å². The first-order chi connectivity index (χ1) is 6.66. The van der Waals surface area contributed by atoms with E-state index in [-0.39, 0.29) is 0 Å². The van der Waals surface area contributed by atoms with Crippen LogP contribution in [0.1, 0.15) is 26.2 Å². The van der Waals surface area contributed by atoms with Crippen LogP contribution < -0.4 is 0 Å². The van der Waals surface area contributed by atoms with E-state index in [2.05, 4.69) is 9.47 Å². The van der Waals surface area contributed by atoms with Gasteiger partial charge < -0.3 is 14.6 Å². The Morgan fingerprint density at radius 2 is 2.07 bits per heavy atom. The van der Waals surface area contributed by atoms with Gasteiger partial charge in [0.15, 0.2) is 0 Å². The molecule has 80 valence electrons. The Labute approximate surface area is 82.3 Å². The van der Waals surface area contributed by atoms with E-state index in [9.17, 15) is 9.59 Å². The summed E-state index contributed by atoms with van der Waals surface area (Å²) in [5.74, 6) is -1.18. The molecule has 0 aliphatic heterocycles. The van der Waals surface area contributed by atoms with E-state index < -0.39 is 12.1 Å². The molecule has 0 aromatic heterocycles. The highest BCUT2D eigenvalue weighted by atomic mass is 16.7. The van der Waals surface area contributed by atoms with Gasteiger partial charge in [-0.15, -0.1) is 0 Å². The van der Waals surface area contributed by atoms with Crippen molar-refractivity contribution in [3.05, 3.63) is 12.3 Å². The Balaban J connectivity index is 3.41. The SMILES string of the molecule is CCCCCOC(=O)OC=CC(=O)O. The van der Waals surface area contributed by atoms with Gasteiger partial charge in [-0.05, 0) is 6.42 Å². The molecule has 0 bridgehead atoms. The van der Waals surface area contributed by atoms with Crippen LogP contribution in [-0.4, -0.2) is 23.8 Å². The van der Waals surface area contributed by atoms with E-state index in [4.69, 9.17) is 5.11 Å². The van der Waals surface area contributed by atoms with Crippen LogP contribution in [-0.2, 0) is 14.3 Å². The molecule has 0 fully saturated rings. The van der Waals surface area contributed by atoms with Crippen molar-refractivity contribution in [2.75, 3.05) is 6.61 Å². The van der Waals surface area contributed by atoms with Gasteiger partial charge in [0.1, 0.15) is 6.26 Å². The molecule has 0 rings (SSSR count). The number of rotatable bonds is 6. The molecule has 0 atom stereocenters. The molecule has 0 heterocycles. The summed E-state index contributed by atoms with van der Waals surface area (Å²) >= 11 is 0. The quantitative estimate of drug-likeness (QED) is 0.308. The molecule has 0 saturated heterocycles. The van der Waals surface area contributed by atoms with E-state index in [0.29, 0.717) is 12.7 Å². The zero-order chi connectivity index (χ0) is 10.8. The van der Waals surface area contributed by atoms with E-state index in [1.807, 2.05) is 6.92 Å². The standard InChI is InChI=1S/C9H14O5/c1-2-3-4-6-13-9(12)14-7-5-8(10)11/h5,7H,2-4,6H2,1H3,(H,10,11). The molecular weight excluding hydrogens is 188 g/mol. The number of aliphatic carboxylic acids is 1. The minimum atomic E-state index is -1.18. The highest BCUT2D eigenvalue weighted by molar-refractivity contribution is 5.79. The second-order valence-electron chi connectivity index (χ2n) is 2.56. The molecule has 0 saturated carbocycles. The summed E-state index contributed by atoms with van der Waals surface area (Å²) in [6.07, 6.45) is 3.43. The van der Waals surface area contributed by atoms with Gasteiger partial charge in [0.25, 0.3) is 0 Å². The third-order valence-electron chi connectivity index (χ3n) is 1.34. The number of carboxylic acid groups (broad SMARTS) is 1. The summed E-state index contributed by atoms with van der Waals surface area (Å²) in [6.45, 7) is 2.33. The lowest BCUT2D eigenvalue weighted by molar-refractivity contribution is -0.131. The predicted molar refractivity (Wildman–Crippen MR) is 48.7 cm³/mol. The Hall–Kier alpha value is -1.52. The number of ether oxygens (including phenoxy) is 2. The largest absolute Gasteiger partial charge is 0.513 e. The number of carboxylic acids is 1. The average molecular weight is 202 g/mol. The molecule has 0 aromatic carbocycles. The fraction of sp³-hybridized carbons (Fsp3) is 0.556. The monoisotopic (exact) mass is 202 g/mol. The second kappa shape index (κ2) is 8.10. The number of carbonyl (C=O) groups is 2. The lowest BCUT2D eigenvalue weighted by Crippen LogP contribution is -2.05. The molecule has 1 N–H and O–H groups in total. The number of hydrogen-bond donors (Lipinski definition) is 1. The molecule has 0 spiro atoms. The van der Waals surface area contributed by atoms with Gasteiger partial charge in [0.2, 0.25) is 0 Å². The summed E-state index contributed by atoms with van der Waals surface area (Å²) < 4.78 is 8.93. The molecule has 14 heavy (non-hydrogen) atoms. The number of hydrogen-bond acceptors (Lipinski definition) is 4. The molecule has 0 unspecified atom stereocenters.